The summed E-state index contributed by atoms with van der Waals surface area (Å²) < 4.78 is 42.7. The lowest BCUT2D eigenvalue weighted by atomic mass is 10.1. The van der Waals surface area contributed by atoms with Crippen molar-refractivity contribution >= 4 is 17.8 Å². The number of carbonyl (C=O) groups excluding carboxylic acids is 3. The van der Waals surface area contributed by atoms with E-state index in [1.807, 2.05) is 19.1 Å². The summed E-state index contributed by atoms with van der Waals surface area (Å²) in [6.07, 6.45) is -4.50. The van der Waals surface area contributed by atoms with Crippen molar-refractivity contribution in [1.29, 1.82) is 0 Å². The van der Waals surface area contributed by atoms with E-state index in [0.717, 1.165) is 30.8 Å². The van der Waals surface area contributed by atoms with Gasteiger partial charge in [0.05, 0.1) is 5.56 Å². The van der Waals surface area contributed by atoms with Crippen molar-refractivity contribution in [1.82, 2.24) is 15.1 Å². The highest BCUT2D eigenvalue weighted by atomic mass is 19.4. The lowest BCUT2D eigenvalue weighted by Gasteiger charge is -2.34. The second kappa shape index (κ2) is 11.1. The number of nitrogens with zero attached hydrogens (tertiary/aromatic N) is 2. The fraction of sp³-hybridized carbons (Fsp3) is 0.375. The SMILES string of the molecule is Cc1cccc(CN2CCN(C(=O)COC(=O)CNC(=O)c3ccc(C(F)(F)F)cc3)CC2)c1. The van der Waals surface area contributed by atoms with Crippen molar-refractivity contribution in [2.24, 2.45) is 0 Å². The molecule has 0 spiro atoms. The van der Waals surface area contributed by atoms with Crippen molar-refractivity contribution < 1.29 is 32.3 Å². The largest absolute Gasteiger partial charge is 0.454 e. The number of esters is 1. The Labute approximate surface area is 195 Å². The van der Waals surface area contributed by atoms with Crippen LogP contribution < -0.4 is 5.32 Å². The molecule has 1 fully saturated rings. The van der Waals surface area contributed by atoms with Gasteiger partial charge < -0.3 is 15.0 Å². The number of halogens is 3. The molecule has 34 heavy (non-hydrogen) atoms. The monoisotopic (exact) mass is 477 g/mol. The summed E-state index contributed by atoms with van der Waals surface area (Å²) in [5.41, 5.74) is 1.51. The van der Waals surface area contributed by atoms with Gasteiger partial charge in [-0.2, -0.15) is 13.2 Å². The molecule has 0 bridgehead atoms. The number of amides is 2. The summed E-state index contributed by atoms with van der Waals surface area (Å²) in [5, 5.41) is 2.27. The third-order valence-electron chi connectivity index (χ3n) is 5.44. The topological polar surface area (TPSA) is 79.0 Å². The highest BCUT2D eigenvalue weighted by Gasteiger charge is 2.30. The van der Waals surface area contributed by atoms with Crippen molar-refractivity contribution in [2.75, 3.05) is 39.3 Å². The molecule has 0 atom stereocenters. The van der Waals surface area contributed by atoms with Crippen LogP contribution in [0.5, 0.6) is 0 Å². The molecule has 182 valence electrons. The normalized spacial score (nSPS) is 14.5. The van der Waals surface area contributed by atoms with Crippen LogP contribution in [0.3, 0.4) is 0 Å². The number of piperazine rings is 1. The summed E-state index contributed by atoms with van der Waals surface area (Å²) in [4.78, 5) is 40.1. The van der Waals surface area contributed by atoms with Gasteiger partial charge in [-0.05, 0) is 36.8 Å². The number of ether oxygens (including phenoxy) is 1. The van der Waals surface area contributed by atoms with Crippen LogP contribution >= 0.6 is 0 Å². The van der Waals surface area contributed by atoms with Crippen LogP contribution in [0, 0.1) is 6.92 Å². The van der Waals surface area contributed by atoms with E-state index < -0.39 is 36.8 Å². The minimum atomic E-state index is -4.50. The predicted molar refractivity (Wildman–Crippen MR) is 118 cm³/mol. The molecule has 0 aromatic heterocycles. The highest BCUT2D eigenvalue weighted by molar-refractivity contribution is 5.96. The van der Waals surface area contributed by atoms with E-state index in [0.29, 0.717) is 26.2 Å². The zero-order chi connectivity index (χ0) is 24.7. The van der Waals surface area contributed by atoms with Crippen LogP contribution in [0.2, 0.25) is 0 Å². The fourth-order valence-electron chi connectivity index (χ4n) is 3.57. The van der Waals surface area contributed by atoms with Crippen LogP contribution in [0.4, 0.5) is 13.2 Å². The third-order valence-corrected chi connectivity index (χ3v) is 5.44. The number of alkyl halides is 3. The maximum atomic E-state index is 12.6. The number of nitrogens with one attached hydrogen (secondary N) is 1. The van der Waals surface area contributed by atoms with Crippen molar-refractivity contribution in [3.63, 3.8) is 0 Å². The Morgan fingerprint density at radius 3 is 2.29 bits per heavy atom. The van der Waals surface area contributed by atoms with Crippen molar-refractivity contribution in [3.8, 4) is 0 Å². The average Bonchev–Trinajstić information content (AvgIpc) is 2.81. The average molecular weight is 477 g/mol. The summed E-state index contributed by atoms with van der Waals surface area (Å²) >= 11 is 0. The number of aryl methyl sites for hydroxylation is 1. The van der Waals surface area contributed by atoms with Gasteiger partial charge in [0.1, 0.15) is 6.54 Å². The molecule has 0 saturated carbocycles. The summed E-state index contributed by atoms with van der Waals surface area (Å²) in [6.45, 7) is 4.36. The van der Waals surface area contributed by atoms with Gasteiger partial charge in [-0.25, -0.2) is 0 Å². The molecule has 3 rings (SSSR count). The molecule has 1 aliphatic heterocycles. The van der Waals surface area contributed by atoms with E-state index in [2.05, 4.69) is 22.3 Å². The highest BCUT2D eigenvalue weighted by Crippen LogP contribution is 2.29. The lowest BCUT2D eigenvalue weighted by molar-refractivity contribution is -0.151. The first kappa shape index (κ1) is 25.2. The first-order valence-electron chi connectivity index (χ1n) is 10.8. The van der Waals surface area contributed by atoms with E-state index in [1.165, 1.54) is 11.1 Å². The second-order valence-electron chi connectivity index (χ2n) is 8.06. The van der Waals surface area contributed by atoms with Gasteiger partial charge in [-0.15, -0.1) is 0 Å². The molecule has 0 radical (unpaired) electrons. The summed E-state index contributed by atoms with van der Waals surface area (Å²) in [6, 6.07) is 11.9. The standard InChI is InChI=1S/C24H26F3N3O4/c1-17-3-2-4-18(13-17)15-29-9-11-30(12-10-29)21(31)16-34-22(32)14-28-23(33)19-5-7-20(8-6-19)24(25,26)27/h2-8,13H,9-12,14-16H2,1H3,(H,28,33). The number of hydrogen-bond acceptors (Lipinski definition) is 5. The Morgan fingerprint density at radius 2 is 1.68 bits per heavy atom. The number of carbonyl (C=O) groups is 3. The maximum absolute atomic E-state index is 12.6. The minimum Gasteiger partial charge on any atom is -0.454 e. The minimum absolute atomic E-state index is 0.0274. The van der Waals surface area contributed by atoms with E-state index in [1.54, 1.807) is 4.90 Å². The molecule has 10 heteroatoms. The molecule has 0 aliphatic carbocycles. The molecular formula is C24H26F3N3O4. The second-order valence-corrected chi connectivity index (χ2v) is 8.06. The number of hydrogen-bond donors (Lipinski definition) is 1. The first-order chi connectivity index (χ1) is 16.1. The van der Waals surface area contributed by atoms with Gasteiger partial charge in [-0.1, -0.05) is 29.8 Å². The fourth-order valence-corrected chi connectivity index (χ4v) is 3.57. The Balaban J connectivity index is 1.35. The Morgan fingerprint density at radius 1 is 1.00 bits per heavy atom. The number of rotatable bonds is 7. The Bertz CT molecular complexity index is 1020. The van der Waals surface area contributed by atoms with Gasteiger partial charge in [-0.3, -0.25) is 19.3 Å². The summed E-state index contributed by atoms with van der Waals surface area (Å²) in [5.74, 6) is -1.86. The molecule has 7 nitrogen and oxygen atoms in total. The van der Waals surface area contributed by atoms with E-state index in [9.17, 15) is 27.6 Å². The van der Waals surface area contributed by atoms with Gasteiger partial charge in [0.15, 0.2) is 6.61 Å². The maximum Gasteiger partial charge on any atom is 0.416 e. The van der Waals surface area contributed by atoms with Gasteiger partial charge in [0.2, 0.25) is 0 Å². The summed E-state index contributed by atoms with van der Waals surface area (Å²) in [7, 11) is 0. The smallest absolute Gasteiger partial charge is 0.416 e. The molecular weight excluding hydrogens is 451 g/mol. The van der Waals surface area contributed by atoms with Gasteiger partial charge in [0, 0.05) is 38.3 Å². The zero-order valence-electron chi connectivity index (χ0n) is 18.7. The van der Waals surface area contributed by atoms with Crippen LogP contribution in [0.15, 0.2) is 48.5 Å². The quantitative estimate of drug-likeness (QED) is 0.621. The third kappa shape index (κ3) is 7.31. The molecule has 1 saturated heterocycles. The predicted octanol–water partition coefficient (Wildman–Crippen LogP) is 2.63. The Hall–Kier alpha value is -3.40. The molecule has 1 heterocycles. The first-order valence-corrected chi connectivity index (χ1v) is 10.8. The van der Waals surface area contributed by atoms with Crippen LogP contribution in [-0.4, -0.2) is 66.9 Å². The number of benzene rings is 2. The molecule has 2 aromatic rings. The van der Waals surface area contributed by atoms with Crippen LogP contribution in [0.1, 0.15) is 27.0 Å². The van der Waals surface area contributed by atoms with E-state index >= 15 is 0 Å². The van der Waals surface area contributed by atoms with Crippen LogP contribution in [0.25, 0.3) is 0 Å². The van der Waals surface area contributed by atoms with Crippen molar-refractivity contribution in [2.45, 2.75) is 19.6 Å². The van der Waals surface area contributed by atoms with Crippen molar-refractivity contribution in [3.05, 3.63) is 70.8 Å². The molecule has 1 aliphatic rings. The zero-order valence-corrected chi connectivity index (χ0v) is 18.7. The van der Waals surface area contributed by atoms with Crippen LogP contribution in [-0.2, 0) is 27.0 Å². The molecule has 2 amide bonds. The van der Waals surface area contributed by atoms with Gasteiger partial charge >= 0.3 is 12.1 Å². The molecule has 2 aromatic carbocycles. The molecule has 0 unspecified atom stereocenters. The Kier molecular flexibility index (Phi) is 8.27. The van der Waals surface area contributed by atoms with E-state index in [4.69, 9.17) is 4.74 Å². The van der Waals surface area contributed by atoms with E-state index in [-0.39, 0.29) is 11.5 Å². The molecule has 1 N–H and O–H groups in total. The lowest BCUT2D eigenvalue weighted by Crippen LogP contribution is -2.49. The van der Waals surface area contributed by atoms with Gasteiger partial charge in [0.25, 0.3) is 11.8 Å².